The first-order valence-electron chi connectivity index (χ1n) is 6.50. The van der Waals surface area contributed by atoms with Crippen LogP contribution in [0, 0.1) is 5.41 Å². The SMILES string of the molecule is CC(C)(C)OC(=O)N1CC2(COC(CC(=O)O)C2)C1. The van der Waals surface area contributed by atoms with Crippen molar-refractivity contribution in [2.75, 3.05) is 19.7 Å². The van der Waals surface area contributed by atoms with Crippen molar-refractivity contribution in [1.29, 1.82) is 0 Å². The molecule has 0 radical (unpaired) electrons. The Balaban J connectivity index is 1.80. The van der Waals surface area contributed by atoms with E-state index in [9.17, 15) is 9.59 Å². The Morgan fingerprint density at radius 1 is 1.42 bits per heavy atom. The van der Waals surface area contributed by atoms with Gasteiger partial charge in [-0.25, -0.2) is 4.79 Å². The zero-order valence-corrected chi connectivity index (χ0v) is 11.6. The molecule has 108 valence electrons. The Bertz CT molecular complexity index is 381. The normalized spacial score (nSPS) is 25.2. The second-order valence-electron chi connectivity index (χ2n) is 6.57. The molecule has 0 aromatic carbocycles. The zero-order valence-electron chi connectivity index (χ0n) is 11.6. The Labute approximate surface area is 112 Å². The molecule has 1 atom stereocenters. The summed E-state index contributed by atoms with van der Waals surface area (Å²) in [6.07, 6.45) is 0.213. The van der Waals surface area contributed by atoms with Gasteiger partial charge in [0, 0.05) is 18.5 Å². The minimum Gasteiger partial charge on any atom is -0.481 e. The van der Waals surface area contributed by atoms with E-state index in [1.165, 1.54) is 0 Å². The zero-order chi connectivity index (χ0) is 14.3. The number of carboxylic acid groups (broad SMARTS) is 1. The van der Waals surface area contributed by atoms with Gasteiger partial charge in [-0.05, 0) is 27.2 Å². The van der Waals surface area contributed by atoms with E-state index in [0.29, 0.717) is 26.1 Å². The Hall–Kier alpha value is -1.30. The summed E-state index contributed by atoms with van der Waals surface area (Å²) in [4.78, 5) is 24.1. The van der Waals surface area contributed by atoms with Gasteiger partial charge >= 0.3 is 12.1 Å². The van der Waals surface area contributed by atoms with Gasteiger partial charge in [-0.3, -0.25) is 4.79 Å². The van der Waals surface area contributed by atoms with Gasteiger partial charge in [0.2, 0.25) is 0 Å². The quantitative estimate of drug-likeness (QED) is 0.823. The number of carbonyl (C=O) groups is 2. The van der Waals surface area contributed by atoms with E-state index in [4.69, 9.17) is 14.6 Å². The Morgan fingerprint density at radius 3 is 2.58 bits per heavy atom. The molecular weight excluding hydrogens is 250 g/mol. The first kappa shape index (κ1) is 14.1. The standard InChI is InChI=1S/C13H21NO5/c1-12(2,3)19-11(17)14-6-13(7-14)5-9(18-8-13)4-10(15)16/h9H,4-8H2,1-3H3,(H,15,16). The van der Waals surface area contributed by atoms with Crippen LogP contribution in [-0.4, -0.2) is 53.5 Å². The van der Waals surface area contributed by atoms with Crippen LogP contribution in [0.4, 0.5) is 4.79 Å². The minimum absolute atomic E-state index is 0.0359. The molecule has 2 heterocycles. The van der Waals surface area contributed by atoms with Crippen molar-refractivity contribution in [2.24, 2.45) is 5.41 Å². The molecule has 0 aromatic rings. The van der Waals surface area contributed by atoms with E-state index in [0.717, 1.165) is 0 Å². The van der Waals surface area contributed by atoms with Crippen molar-refractivity contribution in [3.05, 3.63) is 0 Å². The fraction of sp³-hybridized carbons (Fsp3) is 0.846. The average Bonchev–Trinajstić information content (AvgIpc) is 2.55. The number of nitrogens with zero attached hydrogens (tertiary/aromatic N) is 1. The number of aliphatic carboxylic acids is 1. The molecule has 2 fully saturated rings. The van der Waals surface area contributed by atoms with Crippen LogP contribution in [0.25, 0.3) is 0 Å². The number of hydrogen-bond donors (Lipinski definition) is 1. The molecule has 6 heteroatoms. The van der Waals surface area contributed by atoms with Gasteiger partial charge < -0.3 is 19.5 Å². The maximum Gasteiger partial charge on any atom is 0.410 e. The fourth-order valence-corrected chi connectivity index (χ4v) is 2.66. The lowest BCUT2D eigenvalue weighted by Crippen LogP contribution is -2.59. The van der Waals surface area contributed by atoms with E-state index >= 15 is 0 Å². The van der Waals surface area contributed by atoms with Crippen LogP contribution in [0.2, 0.25) is 0 Å². The lowest BCUT2D eigenvalue weighted by molar-refractivity contribution is -0.139. The van der Waals surface area contributed by atoms with Crippen molar-refractivity contribution < 1.29 is 24.2 Å². The monoisotopic (exact) mass is 271 g/mol. The highest BCUT2D eigenvalue weighted by atomic mass is 16.6. The molecule has 0 bridgehead atoms. The van der Waals surface area contributed by atoms with Crippen LogP contribution in [0.15, 0.2) is 0 Å². The number of likely N-dealkylation sites (tertiary alicyclic amines) is 1. The molecular formula is C13H21NO5. The molecule has 1 unspecified atom stereocenters. The lowest BCUT2D eigenvalue weighted by Gasteiger charge is -2.47. The predicted octanol–water partition coefficient (Wildman–Crippen LogP) is 1.49. The van der Waals surface area contributed by atoms with Crippen molar-refractivity contribution in [3.63, 3.8) is 0 Å². The van der Waals surface area contributed by atoms with Gasteiger partial charge in [0.15, 0.2) is 0 Å². The summed E-state index contributed by atoms with van der Waals surface area (Å²) in [6.45, 7) is 7.23. The van der Waals surface area contributed by atoms with Crippen molar-refractivity contribution in [3.8, 4) is 0 Å². The van der Waals surface area contributed by atoms with Crippen LogP contribution >= 0.6 is 0 Å². The third-order valence-corrected chi connectivity index (χ3v) is 3.39. The highest BCUT2D eigenvalue weighted by Crippen LogP contribution is 2.42. The predicted molar refractivity (Wildman–Crippen MR) is 66.8 cm³/mol. The second kappa shape index (κ2) is 4.67. The first-order valence-corrected chi connectivity index (χ1v) is 6.50. The van der Waals surface area contributed by atoms with Gasteiger partial charge in [0.1, 0.15) is 5.60 Å². The highest BCUT2D eigenvalue weighted by molar-refractivity contribution is 5.69. The average molecular weight is 271 g/mol. The fourth-order valence-electron chi connectivity index (χ4n) is 2.66. The summed E-state index contributed by atoms with van der Waals surface area (Å²) in [6, 6.07) is 0. The number of amides is 1. The molecule has 2 aliphatic rings. The summed E-state index contributed by atoms with van der Waals surface area (Å²) in [7, 11) is 0. The van der Waals surface area contributed by atoms with Crippen LogP contribution in [-0.2, 0) is 14.3 Å². The molecule has 0 aromatic heterocycles. The van der Waals surface area contributed by atoms with E-state index in [2.05, 4.69) is 0 Å². The molecule has 0 saturated carbocycles. The van der Waals surface area contributed by atoms with Crippen molar-refractivity contribution in [2.45, 2.75) is 45.3 Å². The molecule has 19 heavy (non-hydrogen) atoms. The number of ether oxygens (including phenoxy) is 2. The van der Waals surface area contributed by atoms with Gasteiger partial charge in [-0.1, -0.05) is 0 Å². The molecule has 1 amide bonds. The summed E-state index contributed by atoms with van der Waals surface area (Å²) >= 11 is 0. The molecule has 0 aliphatic carbocycles. The minimum atomic E-state index is -0.842. The first-order chi connectivity index (χ1) is 8.69. The van der Waals surface area contributed by atoms with Gasteiger partial charge in [0.25, 0.3) is 0 Å². The topological polar surface area (TPSA) is 76.1 Å². The molecule has 2 rings (SSSR count). The summed E-state index contributed by atoms with van der Waals surface area (Å²) < 4.78 is 10.8. The maximum absolute atomic E-state index is 11.8. The summed E-state index contributed by atoms with van der Waals surface area (Å²) in [5.41, 5.74) is -0.547. The van der Waals surface area contributed by atoms with Crippen LogP contribution in [0.1, 0.15) is 33.6 Å². The maximum atomic E-state index is 11.8. The van der Waals surface area contributed by atoms with E-state index in [-0.39, 0.29) is 24.0 Å². The van der Waals surface area contributed by atoms with E-state index in [1.54, 1.807) is 4.90 Å². The number of hydrogen-bond acceptors (Lipinski definition) is 4. The van der Waals surface area contributed by atoms with Crippen LogP contribution in [0.3, 0.4) is 0 Å². The largest absolute Gasteiger partial charge is 0.481 e. The van der Waals surface area contributed by atoms with E-state index in [1.807, 2.05) is 20.8 Å². The third-order valence-electron chi connectivity index (χ3n) is 3.39. The molecule has 1 spiro atoms. The van der Waals surface area contributed by atoms with E-state index < -0.39 is 11.6 Å². The summed E-state index contributed by atoms with van der Waals surface area (Å²) in [5.74, 6) is -0.842. The Kier molecular flexibility index (Phi) is 3.47. The molecule has 1 N–H and O–H groups in total. The van der Waals surface area contributed by atoms with Crippen LogP contribution in [0.5, 0.6) is 0 Å². The smallest absolute Gasteiger partial charge is 0.410 e. The lowest BCUT2D eigenvalue weighted by atomic mass is 9.78. The van der Waals surface area contributed by atoms with Gasteiger partial charge in [-0.15, -0.1) is 0 Å². The van der Waals surface area contributed by atoms with Crippen LogP contribution < -0.4 is 0 Å². The third kappa shape index (κ3) is 3.37. The second-order valence-corrected chi connectivity index (χ2v) is 6.57. The molecule has 6 nitrogen and oxygen atoms in total. The highest BCUT2D eigenvalue weighted by Gasteiger charge is 2.51. The van der Waals surface area contributed by atoms with Crippen molar-refractivity contribution in [1.82, 2.24) is 4.90 Å². The Morgan fingerprint density at radius 2 is 2.05 bits per heavy atom. The van der Waals surface area contributed by atoms with Crippen molar-refractivity contribution >= 4 is 12.1 Å². The van der Waals surface area contributed by atoms with Gasteiger partial charge in [0.05, 0.1) is 19.1 Å². The molecule has 2 saturated heterocycles. The number of carbonyl (C=O) groups excluding carboxylic acids is 1. The number of rotatable bonds is 2. The van der Waals surface area contributed by atoms with Gasteiger partial charge in [-0.2, -0.15) is 0 Å². The summed E-state index contributed by atoms with van der Waals surface area (Å²) in [5, 5.41) is 8.74. The molecule has 2 aliphatic heterocycles. The number of carboxylic acids is 1.